The van der Waals surface area contributed by atoms with Gasteiger partial charge < -0.3 is 26.0 Å². The summed E-state index contributed by atoms with van der Waals surface area (Å²) in [4.78, 5) is 80.5. The highest BCUT2D eigenvalue weighted by molar-refractivity contribution is 6.32. The lowest BCUT2D eigenvalue weighted by atomic mass is 9.45. The fraction of sp³-hybridized carbons (Fsp3) is 0.600. The number of ketones is 4. The molecule has 5 N–H and O–H groups in total. The fourth-order valence-corrected chi connectivity index (χ4v) is 7.44. The van der Waals surface area contributed by atoms with E-state index in [1.807, 2.05) is 20.8 Å². The van der Waals surface area contributed by atoms with Gasteiger partial charge in [-0.05, 0) is 41.4 Å². The summed E-state index contributed by atoms with van der Waals surface area (Å²) in [6.45, 7) is 8.68. The number of phenolic OH excluding ortho intramolecular Hbond substituents is 1. The zero-order valence-corrected chi connectivity index (χ0v) is 24.2. The largest absolute Gasteiger partial charge is 0.507 e. The van der Waals surface area contributed by atoms with E-state index in [0.29, 0.717) is 5.56 Å². The van der Waals surface area contributed by atoms with E-state index in [1.165, 1.54) is 13.2 Å². The lowest BCUT2D eigenvalue weighted by Crippen LogP contribution is -2.74. The summed E-state index contributed by atoms with van der Waals surface area (Å²) in [6, 6.07) is 3.08. The molecule has 41 heavy (non-hydrogen) atoms. The number of methoxy groups -OCH3 is 1. The molecule has 3 aliphatic carbocycles. The summed E-state index contributed by atoms with van der Waals surface area (Å²) in [5.41, 5.74) is 1.91. The van der Waals surface area contributed by atoms with Gasteiger partial charge in [0.1, 0.15) is 12.4 Å². The average molecular weight is 571 g/mol. The Morgan fingerprint density at radius 2 is 1.78 bits per heavy atom. The molecule has 1 aromatic rings. The van der Waals surface area contributed by atoms with Crippen LogP contribution in [0.25, 0.3) is 0 Å². The lowest BCUT2D eigenvalue weighted by molar-refractivity contribution is -0.187. The Labute approximate surface area is 238 Å². The number of aromatic hydroxyl groups is 1. The number of amides is 2. The summed E-state index contributed by atoms with van der Waals surface area (Å²) < 4.78 is 4.92. The second kappa shape index (κ2) is 10.1. The van der Waals surface area contributed by atoms with E-state index < -0.39 is 81.0 Å². The van der Waals surface area contributed by atoms with Gasteiger partial charge in [-0.1, -0.05) is 40.7 Å². The Balaban J connectivity index is 2.00. The molecule has 6 unspecified atom stereocenters. The first-order valence-corrected chi connectivity index (χ1v) is 13.7. The number of carbonyl (C=O) groups is 6. The first-order valence-electron chi connectivity index (χ1n) is 13.7. The number of fused-ring (bicyclic) bond motifs is 3. The normalized spacial score (nSPS) is 31.4. The number of hydrogen-bond acceptors (Lipinski definition) is 9. The van der Waals surface area contributed by atoms with Crippen LogP contribution in [0.3, 0.4) is 0 Å². The van der Waals surface area contributed by atoms with Crippen LogP contribution in [0.4, 0.5) is 0 Å². The quantitative estimate of drug-likeness (QED) is 0.356. The van der Waals surface area contributed by atoms with Crippen molar-refractivity contribution in [3.8, 4) is 5.75 Å². The highest BCUT2D eigenvalue weighted by atomic mass is 16.5. The molecule has 11 heteroatoms. The van der Waals surface area contributed by atoms with Crippen molar-refractivity contribution in [1.29, 1.82) is 0 Å². The summed E-state index contributed by atoms with van der Waals surface area (Å²) >= 11 is 0. The van der Waals surface area contributed by atoms with Gasteiger partial charge in [0.2, 0.25) is 11.8 Å². The van der Waals surface area contributed by atoms with Gasteiger partial charge in [-0.25, -0.2) is 0 Å². The smallest absolute Gasteiger partial charge is 0.246 e. The van der Waals surface area contributed by atoms with E-state index in [-0.39, 0.29) is 37.3 Å². The van der Waals surface area contributed by atoms with Crippen molar-refractivity contribution < 1.29 is 43.7 Å². The maximum absolute atomic E-state index is 14.4. The molecule has 0 spiro atoms. The molecule has 11 nitrogen and oxygen atoms in total. The molecule has 4 rings (SSSR count). The van der Waals surface area contributed by atoms with Gasteiger partial charge in [-0.2, -0.15) is 0 Å². The van der Waals surface area contributed by atoms with Crippen molar-refractivity contribution in [2.24, 2.45) is 40.7 Å². The predicted octanol–water partition coefficient (Wildman–Crippen LogP) is 0.639. The van der Waals surface area contributed by atoms with Gasteiger partial charge in [-0.15, -0.1) is 0 Å². The number of Topliss-reactive ketones (excluding diaryl/α,β-unsaturated/α-hetero) is 4. The Hall–Kier alpha value is -3.44. The zero-order valence-electron chi connectivity index (χ0n) is 24.2. The number of aliphatic hydroxyl groups is 1. The number of carbonyl (C=O) groups excluding carboxylic acids is 6. The molecule has 2 saturated carbocycles. The minimum Gasteiger partial charge on any atom is -0.507 e. The Bertz CT molecular complexity index is 1360. The molecule has 6 atom stereocenters. The van der Waals surface area contributed by atoms with E-state index in [4.69, 9.17) is 10.5 Å². The van der Waals surface area contributed by atoms with E-state index >= 15 is 0 Å². The third-order valence-corrected chi connectivity index (χ3v) is 9.15. The van der Waals surface area contributed by atoms with E-state index in [9.17, 15) is 39.0 Å². The SMILES string of the molecule is COCC(=O)NCC12Cc3c(C(C)(C)C)ccc(O)c3C(=O)C1C(=O)C1(O)C(=O)C(C(N)=O)C(=O)C(C(C)C)C1C2. The minimum atomic E-state index is -2.84. The van der Waals surface area contributed by atoms with Gasteiger partial charge >= 0.3 is 0 Å². The number of rotatable bonds is 6. The third-order valence-electron chi connectivity index (χ3n) is 9.15. The first kappa shape index (κ1) is 30.5. The molecule has 0 bridgehead atoms. The van der Waals surface area contributed by atoms with Crippen LogP contribution >= 0.6 is 0 Å². The maximum Gasteiger partial charge on any atom is 0.246 e. The van der Waals surface area contributed by atoms with Crippen LogP contribution in [0.5, 0.6) is 5.75 Å². The van der Waals surface area contributed by atoms with Crippen LogP contribution in [-0.2, 0) is 40.5 Å². The van der Waals surface area contributed by atoms with Crippen LogP contribution in [0, 0.1) is 35.0 Å². The maximum atomic E-state index is 14.4. The second-order valence-corrected chi connectivity index (χ2v) is 13.1. The van der Waals surface area contributed by atoms with Crippen molar-refractivity contribution >= 4 is 34.9 Å². The molecule has 0 heterocycles. The summed E-state index contributed by atoms with van der Waals surface area (Å²) in [5, 5.41) is 25.5. The number of benzene rings is 1. The van der Waals surface area contributed by atoms with Gasteiger partial charge in [0.15, 0.2) is 34.7 Å². The zero-order chi connectivity index (χ0) is 30.8. The van der Waals surface area contributed by atoms with Gasteiger partial charge in [0.25, 0.3) is 0 Å². The second-order valence-electron chi connectivity index (χ2n) is 13.1. The molecule has 2 amide bonds. The number of hydrogen-bond donors (Lipinski definition) is 4. The van der Waals surface area contributed by atoms with Crippen molar-refractivity contribution in [1.82, 2.24) is 5.32 Å². The van der Waals surface area contributed by atoms with Crippen LogP contribution in [0.2, 0.25) is 0 Å². The van der Waals surface area contributed by atoms with Crippen molar-refractivity contribution in [3.05, 3.63) is 28.8 Å². The van der Waals surface area contributed by atoms with E-state index in [1.54, 1.807) is 19.9 Å². The molecular formula is C30H38N2O9. The monoisotopic (exact) mass is 570 g/mol. The highest BCUT2D eigenvalue weighted by Crippen LogP contribution is 2.58. The van der Waals surface area contributed by atoms with Crippen LogP contribution in [0.1, 0.15) is 62.5 Å². The van der Waals surface area contributed by atoms with Crippen LogP contribution in [0.15, 0.2) is 12.1 Å². The number of nitrogens with one attached hydrogen (secondary N) is 1. The first-order chi connectivity index (χ1) is 18.9. The van der Waals surface area contributed by atoms with Crippen molar-refractivity contribution in [3.63, 3.8) is 0 Å². The van der Waals surface area contributed by atoms with Crippen LogP contribution in [-0.4, -0.2) is 71.0 Å². The average Bonchev–Trinajstić information content (AvgIpc) is 2.84. The van der Waals surface area contributed by atoms with Crippen molar-refractivity contribution in [2.45, 2.75) is 58.5 Å². The Morgan fingerprint density at radius 1 is 1.15 bits per heavy atom. The lowest BCUT2D eigenvalue weighted by Gasteiger charge is -2.57. The highest BCUT2D eigenvalue weighted by Gasteiger charge is 2.72. The molecular weight excluding hydrogens is 532 g/mol. The van der Waals surface area contributed by atoms with Gasteiger partial charge in [0, 0.05) is 30.9 Å². The summed E-state index contributed by atoms with van der Waals surface area (Å²) in [5.74, 6) is -12.7. The summed E-state index contributed by atoms with van der Waals surface area (Å²) in [7, 11) is 1.34. The Kier molecular flexibility index (Phi) is 7.54. The Morgan fingerprint density at radius 3 is 2.32 bits per heavy atom. The standard InChI is InChI=1S/C30H38N2O9/c1-13(2)19-16-10-29(12-32-18(34)11-41-6)9-14-15(28(3,4)5)7-8-17(33)20(14)24(36)22(29)26(38)30(16,40)25(37)21(23(19)35)27(31)39/h7-8,13,16,19,21-22,33,40H,9-12H2,1-6H3,(H2,31,39)(H,32,34). The predicted molar refractivity (Wildman–Crippen MR) is 145 cm³/mol. The number of primary amides is 1. The molecule has 3 aliphatic rings. The van der Waals surface area contributed by atoms with Gasteiger partial charge in [0.05, 0.1) is 11.5 Å². The number of ether oxygens (including phenoxy) is 1. The molecule has 222 valence electrons. The minimum absolute atomic E-state index is 0.0395. The topological polar surface area (TPSA) is 190 Å². The number of nitrogens with two attached hydrogens (primary N) is 1. The molecule has 1 aromatic carbocycles. The summed E-state index contributed by atoms with van der Waals surface area (Å²) in [6.07, 6.45) is -0.124. The molecule has 2 fully saturated rings. The van der Waals surface area contributed by atoms with E-state index in [2.05, 4.69) is 5.32 Å². The van der Waals surface area contributed by atoms with E-state index in [0.717, 1.165) is 5.56 Å². The molecule has 0 aliphatic heterocycles. The molecule has 0 radical (unpaired) electrons. The van der Waals surface area contributed by atoms with Crippen LogP contribution < -0.4 is 11.1 Å². The number of phenols is 1. The molecule has 0 aromatic heterocycles. The molecule has 0 saturated heterocycles. The van der Waals surface area contributed by atoms with Crippen molar-refractivity contribution in [2.75, 3.05) is 20.3 Å². The van der Waals surface area contributed by atoms with Gasteiger partial charge in [-0.3, -0.25) is 28.8 Å². The fourth-order valence-electron chi connectivity index (χ4n) is 7.44. The third kappa shape index (κ3) is 4.50.